The van der Waals surface area contributed by atoms with Gasteiger partial charge in [0.15, 0.2) is 6.61 Å². The highest BCUT2D eigenvalue weighted by Gasteiger charge is 2.19. The van der Waals surface area contributed by atoms with E-state index in [4.69, 9.17) is 18.9 Å². The summed E-state index contributed by atoms with van der Waals surface area (Å²) >= 11 is 0. The van der Waals surface area contributed by atoms with E-state index in [1.54, 1.807) is 23.1 Å². The van der Waals surface area contributed by atoms with Crippen LogP contribution in [0.25, 0.3) is 0 Å². The first kappa shape index (κ1) is 16.1. The van der Waals surface area contributed by atoms with E-state index in [0.29, 0.717) is 32.1 Å². The van der Waals surface area contributed by atoms with E-state index in [1.165, 1.54) is 14.2 Å². The molecule has 1 saturated heterocycles. The summed E-state index contributed by atoms with van der Waals surface area (Å²) in [5, 5.41) is 0. The molecule has 120 valence electrons. The third kappa shape index (κ3) is 3.88. The van der Waals surface area contributed by atoms with Crippen molar-refractivity contribution in [1.29, 1.82) is 0 Å². The van der Waals surface area contributed by atoms with Crippen LogP contribution in [0.5, 0.6) is 11.5 Å². The Morgan fingerprint density at radius 2 is 1.95 bits per heavy atom. The van der Waals surface area contributed by atoms with Gasteiger partial charge in [-0.15, -0.1) is 0 Å². The molecule has 0 aliphatic carbocycles. The minimum absolute atomic E-state index is 0.151. The van der Waals surface area contributed by atoms with E-state index in [1.807, 2.05) is 0 Å². The number of ether oxygens (including phenoxy) is 4. The highest BCUT2D eigenvalue weighted by Crippen LogP contribution is 2.25. The zero-order chi connectivity index (χ0) is 15.9. The lowest BCUT2D eigenvalue weighted by Crippen LogP contribution is -2.43. The van der Waals surface area contributed by atoms with Gasteiger partial charge in [-0.2, -0.15) is 0 Å². The normalized spacial score (nSPS) is 14.4. The first-order valence-electron chi connectivity index (χ1n) is 6.90. The highest BCUT2D eigenvalue weighted by atomic mass is 16.5. The Labute approximate surface area is 128 Å². The summed E-state index contributed by atoms with van der Waals surface area (Å²) in [5.74, 6) is 0.104. The first-order chi connectivity index (χ1) is 10.7. The van der Waals surface area contributed by atoms with E-state index in [9.17, 15) is 9.59 Å². The van der Waals surface area contributed by atoms with Gasteiger partial charge in [0.05, 0.1) is 27.4 Å². The van der Waals surface area contributed by atoms with Crippen molar-refractivity contribution in [2.24, 2.45) is 0 Å². The van der Waals surface area contributed by atoms with Gasteiger partial charge in [0.25, 0.3) is 5.91 Å². The molecule has 0 atom stereocenters. The quantitative estimate of drug-likeness (QED) is 0.746. The van der Waals surface area contributed by atoms with E-state index in [-0.39, 0.29) is 23.8 Å². The van der Waals surface area contributed by atoms with Crippen LogP contribution in [0.1, 0.15) is 10.4 Å². The molecule has 0 spiro atoms. The van der Waals surface area contributed by atoms with Crippen molar-refractivity contribution in [3.8, 4) is 11.5 Å². The SMILES string of the molecule is COC(=O)c1ccc(OC)cc1OCC(=O)N1CCOCC1. The Morgan fingerprint density at radius 3 is 2.59 bits per heavy atom. The number of esters is 1. The third-order valence-corrected chi connectivity index (χ3v) is 3.31. The molecule has 1 aromatic carbocycles. The topological polar surface area (TPSA) is 74.3 Å². The van der Waals surface area contributed by atoms with Crippen LogP contribution in [0.2, 0.25) is 0 Å². The molecule has 1 aliphatic heterocycles. The first-order valence-corrected chi connectivity index (χ1v) is 6.90. The van der Waals surface area contributed by atoms with Crippen molar-refractivity contribution < 1.29 is 28.5 Å². The molecule has 1 aliphatic rings. The summed E-state index contributed by atoms with van der Waals surface area (Å²) in [6.07, 6.45) is 0. The fourth-order valence-electron chi connectivity index (χ4n) is 2.07. The van der Waals surface area contributed by atoms with Gasteiger partial charge >= 0.3 is 5.97 Å². The monoisotopic (exact) mass is 309 g/mol. The summed E-state index contributed by atoms with van der Waals surface area (Å²) in [6.45, 7) is 1.99. The second kappa shape index (κ2) is 7.65. The van der Waals surface area contributed by atoms with Crippen molar-refractivity contribution in [3.63, 3.8) is 0 Å². The Balaban J connectivity index is 2.06. The van der Waals surface area contributed by atoms with Crippen molar-refractivity contribution in [1.82, 2.24) is 4.90 Å². The maximum Gasteiger partial charge on any atom is 0.341 e. The number of methoxy groups -OCH3 is 2. The van der Waals surface area contributed by atoms with Crippen molar-refractivity contribution in [3.05, 3.63) is 23.8 Å². The van der Waals surface area contributed by atoms with Crippen LogP contribution in [0.15, 0.2) is 18.2 Å². The molecule has 2 rings (SSSR count). The Kier molecular flexibility index (Phi) is 5.60. The van der Waals surface area contributed by atoms with Gasteiger partial charge in [-0.3, -0.25) is 4.79 Å². The number of hydrogen-bond donors (Lipinski definition) is 0. The largest absolute Gasteiger partial charge is 0.497 e. The maximum atomic E-state index is 12.1. The Hall–Kier alpha value is -2.28. The third-order valence-electron chi connectivity index (χ3n) is 3.31. The van der Waals surface area contributed by atoms with Gasteiger partial charge < -0.3 is 23.8 Å². The van der Waals surface area contributed by atoms with Crippen LogP contribution >= 0.6 is 0 Å². The average Bonchev–Trinajstić information content (AvgIpc) is 2.59. The molecule has 0 unspecified atom stereocenters. The molecule has 22 heavy (non-hydrogen) atoms. The molecule has 0 bridgehead atoms. The van der Waals surface area contributed by atoms with Crippen LogP contribution in [0, 0.1) is 0 Å². The molecule has 1 aromatic rings. The predicted octanol–water partition coefficient (Wildman–Crippen LogP) is 0.719. The molecular weight excluding hydrogens is 290 g/mol. The van der Waals surface area contributed by atoms with Crippen molar-refractivity contribution >= 4 is 11.9 Å². The van der Waals surface area contributed by atoms with Gasteiger partial charge in [-0.1, -0.05) is 0 Å². The van der Waals surface area contributed by atoms with E-state index >= 15 is 0 Å². The summed E-state index contributed by atoms with van der Waals surface area (Å²) < 4.78 is 20.5. The molecule has 1 heterocycles. The zero-order valence-corrected chi connectivity index (χ0v) is 12.7. The predicted molar refractivity (Wildman–Crippen MR) is 77.2 cm³/mol. The number of hydrogen-bond acceptors (Lipinski definition) is 6. The van der Waals surface area contributed by atoms with Crippen molar-refractivity contribution in [2.75, 3.05) is 47.1 Å². The number of benzene rings is 1. The zero-order valence-electron chi connectivity index (χ0n) is 12.7. The maximum absolute atomic E-state index is 12.1. The summed E-state index contributed by atoms with van der Waals surface area (Å²) in [4.78, 5) is 25.5. The molecule has 0 saturated carbocycles. The second-order valence-corrected chi connectivity index (χ2v) is 4.64. The smallest absolute Gasteiger partial charge is 0.341 e. The van der Waals surface area contributed by atoms with Crippen LogP contribution in [0.4, 0.5) is 0 Å². The van der Waals surface area contributed by atoms with Gasteiger partial charge in [-0.05, 0) is 12.1 Å². The fourth-order valence-corrected chi connectivity index (χ4v) is 2.07. The van der Waals surface area contributed by atoms with Crippen LogP contribution in [0.3, 0.4) is 0 Å². The fraction of sp³-hybridized carbons (Fsp3) is 0.467. The summed E-state index contributed by atoms with van der Waals surface area (Å²) in [5.41, 5.74) is 0.248. The molecule has 0 radical (unpaired) electrons. The number of rotatable bonds is 5. The number of carbonyl (C=O) groups excluding carboxylic acids is 2. The minimum Gasteiger partial charge on any atom is -0.497 e. The molecule has 1 fully saturated rings. The average molecular weight is 309 g/mol. The molecule has 0 N–H and O–H groups in total. The molecule has 7 heteroatoms. The second-order valence-electron chi connectivity index (χ2n) is 4.64. The highest BCUT2D eigenvalue weighted by molar-refractivity contribution is 5.92. The van der Waals surface area contributed by atoms with Gasteiger partial charge in [0, 0.05) is 19.2 Å². The number of amides is 1. The molecule has 1 amide bonds. The lowest BCUT2D eigenvalue weighted by Gasteiger charge is -2.26. The summed E-state index contributed by atoms with van der Waals surface area (Å²) in [7, 11) is 2.80. The van der Waals surface area contributed by atoms with Gasteiger partial charge in [0.2, 0.25) is 0 Å². The molecule has 0 aromatic heterocycles. The number of carbonyl (C=O) groups is 2. The molecular formula is C15H19NO6. The van der Waals surface area contributed by atoms with E-state index in [0.717, 1.165) is 0 Å². The number of morpholine rings is 1. The van der Waals surface area contributed by atoms with E-state index < -0.39 is 5.97 Å². The molecule has 7 nitrogen and oxygen atoms in total. The lowest BCUT2D eigenvalue weighted by molar-refractivity contribution is -0.137. The van der Waals surface area contributed by atoms with Crippen molar-refractivity contribution in [2.45, 2.75) is 0 Å². The van der Waals surface area contributed by atoms with Crippen LogP contribution < -0.4 is 9.47 Å². The Bertz CT molecular complexity index is 539. The lowest BCUT2D eigenvalue weighted by atomic mass is 10.2. The Morgan fingerprint density at radius 1 is 1.23 bits per heavy atom. The standard InChI is InChI=1S/C15H19NO6/c1-19-11-3-4-12(15(18)20-2)13(9-11)22-10-14(17)16-5-7-21-8-6-16/h3-4,9H,5-8,10H2,1-2H3. The van der Waals surface area contributed by atoms with Crippen LogP contribution in [-0.2, 0) is 14.3 Å². The minimum atomic E-state index is -0.531. The van der Waals surface area contributed by atoms with Gasteiger partial charge in [-0.25, -0.2) is 4.79 Å². The van der Waals surface area contributed by atoms with Gasteiger partial charge in [0.1, 0.15) is 17.1 Å². The van der Waals surface area contributed by atoms with E-state index in [2.05, 4.69) is 0 Å². The summed E-state index contributed by atoms with van der Waals surface area (Å²) in [6, 6.07) is 4.72. The number of nitrogens with zero attached hydrogens (tertiary/aromatic N) is 1. The van der Waals surface area contributed by atoms with Crippen LogP contribution in [-0.4, -0.2) is 63.9 Å².